The van der Waals surface area contributed by atoms with Crippen LogP contribution in [0.3, 0.4) is 0 Å². The Hall–Kier alpha value is -0.270. The standard InChI is InChI=1S/C5H10F2O4S/c1-11-4-2-3-5(6,7)12(8,9)10/h2-4H2,1H3,(H,8,9,10)/p-1. The van der Waals surface area contributed by atoms with Crippen LogP contribution in [-0.4, -0.2) is 31.9 Å². The van der Waals surface area contributed by atoms with E-state index in [1.165, 1.54) is 7.11 Å². The minimum Gasteiger partial charge on any atom is -0.743 e. The molecule has 0 amide bonds. The molecule has 0 bridgehead atoms. The van der Waals surface area contributed by atoms with E-state index in [1.54, 1.807) is 0 Å². The Morgan fingerprint density at radius 1 is 1.50 bits per heavy atom. The molecule has 0 aromatic rings. The van der Waals surface area contributed by atoms with Crippen molar-refractivity contribution >= 4 is 10.1 Å². The lowest BCUT2D eigenvalue weighted by Gasteiger charge is -2.19. The van der Waals surface area contributed by atoms with E-state index in [0.29, 0.717) is 0 Å². The van der Waals surface area contributed by atoms with Gasteiger partial charge < -0.3 is 9.29 Å². The first kappa shape index (κ1) is 11.7. The lowest BCUT2D eigenvalue weighted by Crippen LogP contribution is -2.28. The molecule has 0 unspecified atom stereocenters. The number of halogens is 2. The van der Waals surface area contributed by atoms with Crippen LogP contribution in [0, 0.1) is 0 Å². The van der Waals surface area contributed by atoms with Gasteiger partial charge in [0, 0.05) is 20.1 Å². The summed E-state index contributed by atoms with van der Waals surface area (Å²) in [4.78, 5) is 0. The van der Waals surface area contributed by atoms with Gasteiger partial charge in [0.25, 0.3) is 0 Å². The summed E-state index contributed by atoms with van der Waals surface area (Å²) in [5.74, 6) is 0. The zero-order valence-electron chi connectivity index (χ0n) is 6.42. The molecule has 0 atom stereocenters. The van der Waals surface area contributed by atoms with Crippen molar-refractivity contribution in [1.29, 1.82) is 0 Å². The number of ether oxygens (including phenoxy) is 1. The monoisotopic (exact) mass is 203 g/mol. The fraction of sp³-hybridized carbons (Fsp3) is 1.00. The van der Waals surface area contributed by atoms with Gasteiger partial charge in [-0.25, -0.2) is 8.42 Å². The lowest BCUT2D eigenvalue weighted by molar-refractivity contribution is 0.0580. The topological polar surface area (TPSA) is 66.4 Å². The van der Waals surface area contributed by atoms with Crippen LogP contribution in [0.25, 0.3) is 0 Å². The normalized spacial score (nSPS) is 13.3. The number of methoxy groups -OCH3 is 1. The maximum atomic E-state index is 12.3. The molecule has 74 valence electrons. The fourth-order valence-electron chi connectivity index (χ4n) is 0.547. The van der Waals surface area contributed by atoms with Crippen LogP contribution < -0.4 is 0 Å². The molecule has 0 saturated heterocycles. The molecule has 0 radical (unpaired) electrons. The van der Waals surface area contributed by atoms with Gasteiger partial charge in [-0.2, -0.15) is 8.78 Å². The van der Waals surface area contributed by atoms with Crippen molar-refractivity contribution in [2.24, 2.45) is 0 Å². The van der Waals surface area contributed by atoms with Gasteiger partial charge in [-0.1, -0.05) is 0 Å². The Bertz CT molecular complexity index is 224. The fourth-order valence-corrected chi connectivity index (χ4v) is 0.942. The highest BCUT2D eigenvalue weighted by Crippen LogP contribution is 2.25. The third-order valence-electron chi connectivity index (χ3n) is 1.18. The Morgan fingerprint density at radius 3 is 2.33 bits per heavy atom. The van der Waals surface area contributed by atoms with Crippen molar-refractivity contribution in [3.8, 4) is 0 Å². The largest absolute Gasteiger partial charge is 0.743 e. The molecule has 0 heterocycles. The molecule has 0 saturated carbocycles. The molecule has 4 nitrogen and oxygen atoms in total. The first-order valence-electron chi connectivity index (χ1n) is 3.13. The Labute approximate surface area is 69.3 Å². The summed E-state index contributed by atoms with van der Waals surface area (Å²) in [5, 5.41) is -4.18. The SMILES string of the molecule is COCCCC(F)(F)S(=O)(=O)[O-]. The van der Waals surface area contributed by atoms with Crippen LogP contribution in [0.1, 0.15) is 12.8 Å². The maximum absolute atomic E-state index is 12.3. The first-order valence-corrected chi connectivity index (χ1v) is 4.54. The molecule has 0 aliphatic rings. The van der Waals surface area contributed by atoms with Gasteiger partial charge in [0.1, 0.15) is 0 Å². The first-order chi connectivity index (χ1) is 5.31. The van der Waals surface area contributed by atoms with E-state index < -0.39 is 21.8 Å². The average Bonchev–Trinajstić information content (AvgIpc) is 1.85. The van der Waals surface area contributed by atoms with E-state index in [0.717, 1.165) is 0 Å². The van der Waals surface area contributed by atoms with Crippen LogP contribution >= 0.6 is 0 Å². The molecule has 0 aromatic heterocycles. The number of hydrogen-bond donors (Lipinski definition) is 0. The van der Waals surface area contributed by atoms with Gasteiger partial charge in [0.2, 0.25) is 0 Å². The smallest absolute Gasteiger partial charge is 0.334 e. The van der Waals surface area contributed by atoms with E-state index in [2.05, 4.69) is 4.74 Å². The summed E-state index contributed by atoms with van der Waals surface area (Å²) in [5.41, 5.74) is 0. The van der Waals surface area contributed by atoms with E-state index in [4.69, 9.17) is 0 Å². The summed E-state index contributed by atoms with van der Waals surface area (Å²) < 4.78 is 58.7. The maximum Gasteiger partial charge on any atom is 0.334 e. The van der Waals surface area contributed by atoms with E-state index in [9.17, 15) is 21.8 Å². The highest BCUT2D eigenvalue weighted by molar-refractivity contribution is 7.86. The Morgan fingerprint density at radius 2 is 2.00 bits per heavy atom. The van der Waals surface area contributed by atoms with Crippen LogP contribution in [0.15, 0.2) is 0 Å². The molecule has 7 heteroatoms. The number of rotatable bonds is 5. The van der Waals surface area contributed by atoms with E-state index in [-0.39, 0.29) is 13.0 Å². The molecule has 0 spiro atoms. The third-order valence-corrected chi connectivity index (χ3v) is 2.12. The summed E-state index contributed by atoms with van der Waals surface area (Å²) in [6, 6.07) is 0. The molecule has 0 aliphatic heterocycles. The van der Waals surface area contributed by atoms with Crippen LogP contribution in [0.4, 0.5) is 8.78 Å². The second-order valence-corrected chi connectivity index (χ2v) is 3.69. The molecule has 0 rings (SSSR count). The summed E-state index contributed by atoms with van der Waals surface area (Å²) in [6.45, 7) is 0.00507. The van der Waals surface area contributed by atoms with E-state index >= 15 is 0 Å². The second kappa shape index (κ2) is 4.11. The predicted molar refractivity (Wildman–Crippen MR) is 35.8 cm³/mol. The average molecular weight is 203 g/mol. The molecule has 0 aliphatic carbocycles. The Kier molecular flexibility index (Phi) is 4.01. The number of alkyl halides is 2. The molecular weight excluding hydrogens is 194 g/mol. The van der Waals surface area contributed by atoms with Crippen LogP contribution in [0.2, 0.25) is 0 Å². The highest BCUT2D eigenvalue weighted by Gasteiger charge is 2.36. The minimum absolute atomic E-state index is 0.00507. The van der Waals surface area contributed by atoms with Crippen molar-refractivity contribution < 1.29 is 26.5 Å². The second-order valence-electron chi connectivity index (χ2n) is 2.19. The summed E-state index contributed by atoms with van der Waals surface area (Å²) in [6.07, 6.45) is -1.16. The van der Waals surface area contributed by atoms with Gasteiger partial charge >= 0.3 is 5.25 Å². The Balaban J connectivity index is 4.06. The zero-order chi connectivity index (χ0) is 9.83. The van der Waals surface area contributed by atoms with Crippen molar-refractivity contribution in [3.63, 3.8) is 0 Å². The van der Waals surface area contributed by atoms with Crippen LogP contribution in [-0.2, 0) is 14.9 Å². The van der Waals surface area contributed by atoms with Crippen LogP contribution in [0.5, 0.6) is 0 Å². The van der Waals surface area contributed by atoms with Crippen molar-refractivity contribution in [1.82, 2.24) is 0 Å². The molecule has 0 aromatic carbocycles. The molecular formula is C5H9F2O4S-. The molecule has 0 fully saturated rings. The zero-order valence-corrected chi connectivity index (χ0v) is 7.23. The predicted octanol–water partition coefficient (Wildman–Crippen LogP) is 0.551. The van der Waals surface area contributed by atoms with Crippen molar-refractivity contribution in [3.05, 3.63) is 0 Å². The summed E-state index contributed by atoms with van der Waals surface area (Å²) in [7, 11) is -4.23. The van der Waals surface area contributed by atoms with Crippen molar-refractivity contribution in [2.45, 2.75) is 18.1 Å². The molecule has 12 heavy (non-hydrogen) atoms. The van der Waals surface area contributed by atoms with E-state index in [1.807, 2.05) is 0 Å². The van der Waals surface area contributed by atoms with Gasteiger partial charge in [0.15, 0.2) is 10.1 Å². The lowest BCUT2D eigenvalue weighted by atomic mass is 10.3. The van der Waals surface area contributed by atoms with Gasteiger partial charge in [-0.15, -0.1) is 0 Å². The number of hydrogen-bond acceptors (Lipinski definition) is 4. The minimum atomic E-state index is -5.52. The third kappa shape index (κ3) is 3.42. The van der Waals surface area contributed by atoms with Crippen molar-refractivity contribution in [2.75, 3.05) is 13.7 Å². The van der Waals surface area contributed by atoms with Gasteiger partial charge in [-0.3, -0.25) is 0 Å². The highest BCUT2D eigenvalue weighted by atomic mass is 32.2. The molecule has 0 N–H and O–H groups in total. The summed E-state index contributed by atoms with van der Waals surface area (Å²) >= 11 is 0. The van der Waals surface area contributed by atoms with Gasteiger partial charge in [0.05, 0.1) is 0 Å². The van der Waals surface area contributed by atoms with Gasteiger partial charge in [-0.05, 0) is 6.42 Å². The quantitative estimate of drug-likeness (QED) is 0.483.